The number of nitrogens with one attached hydrogen (secondary N) is 1. The van der Waals surface area contributed by atoms with Gasteiger partial charge in [0.15, 0.2) is 0 Å². The highest BCUT2D eigenvalue weighted by Crippen LogP contribution is 2.34. The highest BCUT2D eigenvalue weighted by atomic mass is 19.1. The zero-order valence-electron chi connectivity index (χ0n) is 12.7. The summed E-state index contributed by atoms with van der Waals surface area (Å²) in [6, 6.07) is 4.84. The molecule has 1 aromatic heterocycles. The zero-order chi connectivity index (χ0) is 15.1. The molecule has 114 valence electrons. The predicted octanol–water partition coefficient (Wildman–Crippen LogP) is 4.03. The second kappa shape index (κ2) is 5.20. The van der Waals surface area contributed by atoms with Crippen molar-refractivity contribution >= 4 is 11.8 Å². The molecule has 0 radical (unpaired) electrons. The fraction of sp³-hybridized carbons (Fsp3) is 0.333. The van der Waals surface area contributed by atoms with Crippen LogP contribution in [0.25, 0.3) is 6.08 Å². The van der Waals surface area contributed by atoms with Gasteiger partial charge in [-0.1, -0.05) is 0 Å². The maximum atomic E-state index is 14.2. The maximum Gasteiger partial charge on any atom is 0.147 e. The highest BCUT2D eigenvalue weighted by molar-refractivity contribution is 5.67. The van der Waals surface area contributed by atoms with Gasteiger partial charge in [0.1, 0.15) is 11.6 Å². The van der Waals surface area contributed by atoms with Crippen LogP contribution in [0.3, 0.4) is 0 Å². The normalized spacial score (nSPS) is 16.4. The van der Waals surface area contributed by atoms with Crippen LogP contribution < -0.4 is 9.64 Å². The van der Waals surface area contributed by atoms with Crippen molar-refractivity contribution in [2.75, 3.05) is 12.0 Å². The molecule has 1 aromatic carbocycles. The van der Waals surface area contributed by atoms with Crippen LogP contribution in [0.1, 0.15) is 35.4 Å². The van der Waals surface area contributed by atoms with Gasteiger partial charge < -0.3 is 14.6 Å². The lowest BCUT2D eigenvalue weighted by atomic mass is 9.94. The molecule has 22 heavy (non-hydrogen) atoms. The number of benzene rings is 1. The predicted molar refractivity (Wildman–Crippen MR) is 85.6 cm³/mol. The third-order valence-electron chi connectivity index (χ3n) is 4.63. The first-order chi connectivity index (χ1) is 10.8. The Balaban J connectivity index is 1.70. The van der Waals surface area contributed by atoms with Crippen molar-refractivity contribution in [3.63, 3.8) is 0 Å². The number of aromatic nitrogens is 1. The Morgan fingerprint density at radius 1 is 1.18 bits per heavy atom. The van der Waals surface area contributed by atoms with Gasteiger partial charge in [-0.15, -0.1) is 0 Å². The second-order valence-corrected chi connectivity index (χ2v) is 5.94. The van der Waals surface area contributed by atoms with E-state index in [2.05, 4.69) is 11.1 Å². The molecule has 0 atom stereocenters. The van der Waals surface area contributed by atoms with Crippen LogP contribution in [-0.2, 0) is 19.4 Å². The zero-order valence-corrected chi connectivity index (χ0v) is 12.7. The molecule has 1 N–H and O–H groups in total. The third-order valence-corrected chi connectivity index (χ3v) is 4.63. The van der Waals surface area contributed by atoms with Crippen molar-refractivity contribution < 1.29 is 9.13 Å². The second-order valence-electron chi connectivity index (χ2n) is 5.94. The monoisotopic (exact) mass is 298 g/mol. The van der Waals surface area contributed by atoms with Crippen molar-refractivity contribution in [1.82, 2.24) is 4.98 Å². The Hall–Kier alpha value is -2.23. The molecule has 0 amide bonds. The first-order valence-electron chi connectivity index (χ1n) is 7.77. The summed E-state index contributed by atoms with van der Waals surface area (Å²) in [5.41, 5.74) is 5.89. The molecule has 4 heteroatoms. The van der Waals surface area contributed by atoms with E-state index in [0.717, 1.165) is 12.8 Å². The van der Waals surface area contributed by atoms with Gasteiger partial charge in [-0.2, -0.15) is 0 Å². The van der Waals surface area contributed by atoms with E-state index >= 15 is 0 Å². The number of H-pyrrole nitrogens is 1. The van der Waals surface area contributed by atoms with Crippen molar-refractivity contribution in [1.29, 1.82) is 0 Å². The molecule has 2 aromatic rings. The Morgan fingerprint density at radius 2 is 2.05 bits per heavy atom. The number of anilines is 1. The van der Waals surface area contributed by atoms with Gasteiger partial charge in [0.05, 0.1) is 19.3 Å². The molecule has 0 bridgehead atoms. The molecule has 0 saturated heterocycles. The summed E-state index contributed by atoms with van der Waals surface area (Å²) in [6.45, 7) is 0.670. The molecule has 0 spiro atoms. The summed E-state index contributed by atoms with van der Waals surface area (Å²) < 4.78 is 19.4. The average molecular weight is 298 g/mol. The van der Waals surface area contributed by atoms with Crippen LogP contribution in [0.15, 0.2) is 24.4 Å². The van der Waals surface area contributed by atoms with E-state index in [-0.39, 0.29) is 5.82 Å². The Morgan fingerprint density at radius 3 is 2.91 bits per heavy atom. The van der Waals surface area contributed by atoms with Crippen molar-refractivity contribution in [3.8, 4) is 5.75 Å². The van der Waals surface area contributed by atoms with E-state index in [4.69, 9.17) is 4.74 Å². The number of fused-ring (bicyclic) bond motifs is 3. The fourth-order valence-corrected chi connectivity index (χ4v) is 3.49. The molecule has 0 saturated carbocycles. The topological polar surface area (TPSA) is 28.3 Å². The number of aromatic amines is 1. The van der Waals surface area contributed by atoms with Crippen molar-refractivity contribution in [2.24, 2.45) is 0 Å². The van der Waals surface area contributed by atoms with E-state index in [1.807, 2.05) is 11.1 Å². The number of hydrogen-bond donors (Lipinski definition) is 1. The molecule has 1 aliphatic heterocycles. The van der Waals surface area contributed by atoms with Crippen molar-refractivity contribution in [3.05, 3.63) is 52.7 Å². The van der Waals surface area contributed by atoms with Gasteiger partial charge in [0.2, 0.25) is 0 Å². The molecule has 2 aliphatic rings. The number of nitrogens with zero attached hydrogens (tertiary/aromatic N) is 1. The summed E-state index contributed by atoms with van der Waals surface area (Å²) in [5, 5.41) is 0. The van der Waals surface area contributed by atoms with Crippen LogP contribution in [0.4, 0.5) is 10.1 Å². The molecular formula is C18H19FN2O. The largest absolute Gasteiger partial charge is 0.497 e. The quantitative estimate of drug-likeness (QED) is 0.906. The standard InChI is InChI=1S/C18H19FN2O/c1-22-12-6-7-15(19)18(10-12)21-9-8-14-13-4-2-3-5-16(13)20-17(14)11-21/h6-10,20H,2-5,11H2,1H3. The lowest BCUT2D eigenvalue weighted by Gasteiger charge is -2.25. The minimum absolute atomic E-state index is 0.231. The van der Waals surface area contributed by atoms with E-state index in [9.17, 15) is 4.39 Å². The Labute approximate surface area is 129 Å². The Bertz CT molecular complexity index is 748. The molecule has 1 aliphatic carbocycles. The number of ether oxygens (including phenoxy) is 1. The molecular weight excluding hydrogens is 279 g/mol. The van der Waals surface area contributed by atoms with Gasteiger partial charge in [0, 0.05) is 29.2 Å². The average Bonchev–Trinajstić information content (AvgIpc) is 2.93. The number of methoxy groups -OCH3 is 1. The van der Waals surface area contributed by atoms with E-state index in [1.54, 1.807) is 19.2 Å². The summed E-state index contributed by atoms with van der Waals surface area (Å²) in [7, 11) is 1.60. The lowest BCUT2D eigenvalue weighted by molar-refractivity contribution is 0.413. The fourth-order valence-electron chi connectivity index (χ4n) is 3.49. The van der Waals surface area contributed by atoms with Gasteiger partial charge in [-0.25, -0.2) is 4.39 Å². The highest BCUT2D eigenvalue weighted by Gasteiger charge is 2.23. The van der Waals surface area contributed by atoms with Gasteiger partial charge >= 0.3 is 0 Å². The van der Waals surface area contributed by atoms with Gasteiger partial charge in [-0.05, 0) is 49.5 Å². The van der Waals surface area contributed by atoms with Gasteiger partial charge in [0.25, 0.3) is 0 Å². The van der Waals surface area contributed by atoms with Gasteiger partial charge in [-0.3, -0.25) is 0 Å². The first kappa shape index (κ1) is 13.4. The van der Waals surface area contributed by atoms with Crippen LogP contribution in [0, 0.1) is 5.82 Å². The van der Waals surface area contributed by atoms with E-state index < -0.39 is 0 Å². The van der Waals surface area contributed by atoms with Crippen molar-refractivity contribution in [2.45, 2.75) is 32.2 Å². The van der Waals surface area contributed by atoms with Crippen LogP contribution in [0.2, 0.25) is 0 Å². The molecule has 0 unspecified atom stereocenters. The third kappa shape index (κ3) is 2.10. The van der Waals surface area contributed by atoms with E-state index in [0.29, 0.717) is 18.0 Å². The smallest absolute Gasteiger partial charge is 0.147 e. The first-order valence-corrected chi connectivity index (χ1v) is 7.77. The molecule has 3 nitrogen and oxygen atoms in total. The number of rotatable bonds is 2. The SMILES string of the molecule is COc1ccc(F)c(N2C=Cc3c([nH]c4c3CCCC4)C2)c1. The van der Waals surface area contributed by atoms with Crippen LogP contribution in [0.5, 0.6) is 5.75 Å². The summed E-state index contributed by atoms with van der Waals surface area (Å²) in [5.74, 6) is 0.437. The summed E-state index contributed by atoms with van der Waals surface area (Å²) in [4.78, 5) is 5.49. The maximum absolute atomic E-state index is 14.2. The number of hydrogen-bond acceptors (Lipinski definition) is 2. The van der Waals surface area contributed by atoms with Crippen LogP contribution >= 0.6 is 0 Å². The lowest BCUT2D eigenvalue weighted by Crippen LogP contribution is -2.20. The minimum atomic E-state index is -0.231. The molecule has 2 heterocycles. The van der Waals surface area contributed by atoms with E-state index in [1.165, 1.54) is 41.4 Å². The summed E-state index contributed by atoms with van der Waals surface area (Å²) >= 11 is 0. The molecule has 0 fully saturated rings. The minimum Gasteiger partial charge on any atom is -0.497 e. The summed E-state index contributed by atoms with van der Waals surface area (Å²) in [6.07, 6.45) is 8.88. The Kier molecular flexibility index (Phi) is 3.17. The number of halogens is 1. The number of aryl methyl sites for hydroxylation is 1. The van der Waals surface area contributed by atoms with Crippen LogP contribution in [-0.4, -0.2) is 12.1 Å². The molecule has 4 rings (SSSR count).